The summed E-state index contributed by atoms with van der Waals surface area (Å²) in [6.07, 6.45) is 4.05. The van der Waals surface area contributed by atoms with Gasteiger partial charge in [0.05, 0.1) is 0 Å². The molecule has 136 valence electrons. The third-order valence-electron chi connectivity index (χ3n) is 5.40. The highest BCUT2D eigenvalue weighted by Gasteiger charge is 2.34. The summed E-state index contributed by atoms with van der Waals surface area (Å²) in [7, 11) is 0. The highest BCUT2D eigenvalue weighted by molar-refractivity contribution is 5.83. The molecule has 5 heteroatoms. The van der Waals surface area contributed by atoms with Crippen molar-refractivity contribution in [2.45, 2.75) is 57.7 Å². The lowest BCUT2D eigenvalue weighted by molar-refractivity contribution is -0.131. The molecule has 0 bridgehead atoms. The average Bonchev–Trinajstić information content (AvgIpc) is 3.44. The molecule has 1 aliphatic heterocycles. The van der Waals surface area contributed by atoms with Crippen molar-refractivity contribution >= 4 is 11.8 Å². The van der Waals surface area contributed by atoms with Crippen LogP contribution in [0.1, 0.15) is 51.1 Å². The lowest BCUT2D eigenvalue weighted by atomic mass is 9.88. The summed E-state index contributed by atoms with van der Waals surface area (Å²) in [5, 5.41) is 6.75. The van der Waals surface area contributed by atoms with E-state index < -0.39 is 0 Å². The minimum Gasteiger partial charge on any atom is -0.352 e. The molecule has 0 spiro atoms. The minimum absolute atomic E-state index is 0.0672. The molecule has 1 aromatic carbocycles. The maximum absolute atomic E-state index is 12.8. The predicted octanol–water partition coefficient (Wildman–Crippen LogP) is 2.24. The monoisotopic (exact) mass is 343 g/mol. The van der Waals surface area contributed by atoms with E-state index in [-0.39, 0.29) is 23.9 Å². The summed E-state index contributed by atoms with van der Waals surface area (Å²) < 4.78 is 0. The van der Waals surface area contributed by atoms with Gasteiger partial charge in [0.25, 0.3) is 0 Å². The zero-order chi connectivity index (χ0) is 17.8. The second-order valence-electron chi connectivity index (χ2n) is 7.32. The first-order valence-electron chi connectivity index (χ1n) is 9.45. The first-order chi connectivity index (χ1) is 12.1. The van der Waals surface area contributed by atoms with Crippen LogP contribution < -0.4 is 10.6 Å². The van der Waals surface area contributed by atoms with Gasteiger partial charge in [0.1, 0.15) is 6.04 Å². The van der Waals surface area contributed by atoms with Gasteiger partial charge in [-0.3, -0.25) is 14.9 Å². The van der Waals surface area contributed by atoms with Gasteiger partial charge in [-0.15, -0.1) is 0 Å². The number of carbonyl (C=O) groups is 2. The Labute approximate surface area is 150 Å². The fourth-order valence-corrected chi connectivity index (χ4v) is 3.65. The molecule has 5 nitrogen and oxygen atoms in total. The van der Waals surface area contributed by atoms with E-state index in [4.69, 9.17) is 0 Å². The molecule has 1 heterocycles. The van der Waals surface area contributed by atoms with Crippen LogP contribution in [-0.4, -0.2) is 41.9 Å². The van der Waals surface area contributed by atoms with Crippen molar-refractivity contribution in [3.05, 3.63) is 35.9 Å². The van der Waals surface area contributed by atoms with Gasteiger partial charge in [0.15, 0.2) is 0 Å². The van der Waals surface area contributed by atoms with Crippen molar-refractivity contribution in [1.82, 2.24) is 15.5 Å². The predicted molar refractivity (Wildman–Crippen MR) is 97.9 cm³/mol. The Balaban J connectivity index is 1.72. The van der Waals surface area contributed by atoms with Crippen molar-refractivity contribution in [3.8, 4) is 0 Å². The van der Waals surface area contributed by atoms with Gasteiger partial charge in [-0.05, 0) is 30.7 Å². The van der Waals surface area contributed by atoms with Gasteiger partial charge < -0.3 is 10.2 Å². The Bertz CT molecular complexity index is 600. The quantitative estimate of drug-likeness (QED) is 0.833. The molecule has 1 aromatic rings. The zero-order valence-corrected chi connectivity index (χ0v) is 15.2. The molecule has 0 aromatic heterocycles. The molecule has 25 heavy (non-hydrogen) atoms. The van der Waals surface area contributed by atoms with Crippen molar-refractivity contribution < 1.29 is 9.59 Å². The standard InChI is InChI=1S/C20H29N3O2/c1-3-15-13-23(14(2)24)12-11-18(15)22-19(16-7-5-4-6-8-16)20(25)21-17-9-10-17/h4-8,15,17-19,22H,3,9-13H2,1-2H3,(H,21,25)/t15-,18-,19-/m1/s1. The molecule has 3 atom stereocenters. The van der Waals surface area contributed by atoms with E-state index >= 15 is 0 Å². The fraction of sp³-hybridized carbons (Fsp3) is 0.600. The van der Waals surface area contributed by atoms with Crippen LogP contribution in [0.25, 0.3) is 0 Å². The molecule has 1 saturated heterocycles. The minimum atomic E-state index is -0.329. The number of amides is 2. The Hall–Kier alpha value is -1.88. The van der Waals surface area contributed by atoms with Crippen LogP contribution in [0.5, 0.6) is 0 Å². The molecule has 2 fully saturated rings. The summed E-state index contributed by atoms with van der Waals surface area (Å²) in [4.78, 5) is 26.4. The van der Waals surface area contributed by atoms with Crippen LogP contribution in [0.15, 0.2) is 30.3 Å². The maximum atomic E-state index is 12.8. The number of carbonyl (C=O) groups excluding carboxylic acids is 2. The summed E-state index contributed by atoms with van der Waals surface area (Å²) >= 11 is 0. The largest absolute Gasteiger partial charge is 0.352 e. The first-order valence-corrected chi connectivity index (χ1v) is 9.45. The second kappa shape index (κ2) is 8.00. The number of benzene rings is 1. The number of nitrogens with zero attached hydrogens (tertiary/aromatic N) is 1. The summed E-state index contributed by atoms with van der Waals surface area (Å²) in [6, 6.07) is 10.2. The topological polar surface area (TPSA) is 61.4 Å². The van der Waals surface area contributed by atoms with Crippen LogP contribution in [0, 0.1) is 5.92 Å². The van der Waals surface area contributed by atoms with Crippen LogP contribution >= 0.6 is 0 Å². The Kier molecular flexibility index (Phi) is 5.74. The van der Waals surface area contributed by atoms with Crippen molar-refractivity contribution in [3.63, 3.8) is 0 Å². The van der Waals surface area contributed by atoms with Crippen molar-refractivity contribution in [2.75, 3.05) is 13.1 Å². The molecule has 1 aliphatic carbocycles. The highest BCUT2D eigenvalue weighted by atomic mass is 16.2. The Morgan fingerprint density at radius 2 is 1.92 bits per heavy atom. The molecule has 0 unspecified atom stereocenters. The zero-order valence-electron chi connectivity index (χ0n) is 15.2. The fourth-order valence-electron chi connectivity index (χ4n) is 3.65. The molecule has 1 saturated carbocycles. The maximum Gasteiger partial charge on any atom is 0.241 e. The number of rotatable bonds is 6. The van der Waals surface area contributed by atoms with E-state index in [1.165, 1.54) is 0 Å². The Morgan fingerprint density at radius 3 is 2.52 bits per heavy atom. The molecule has 2 aliphatic rings. The summed E-state index contributed by atoms with van der Waals surface area (Å²) in [6.45, 7) is 5.33. The van der Waals surface area contributed by atoms with Gasteiger partial charge in [-0.2, -0.15) is 0 Å². The first kappa shape index (κ1) is 17.9. The van der Waals surface area contributed by atoms with Crippen LogP contribution in [-0.2, 0) is 9.59 Å². The molecular formula is C20H29N3O2. The van der Waals surface area contributed by atoms with E-state index in [1.54, 1.807) is 6.92 Å². The normalized spacial score (nSPS) is 24.6. The van der Waals surface area contributed by atoms with E-state index in [0.29, 0.717) is 12.0 Å². The molecule has 0 radical (unpaired) electrons. The van der Waals surface area contributed by atoms with Gasteiger partial charge in [0, 0.05) is 32.1 Å². The highest BCUT2D eigenvalue weighted by Crippen LogP contribution is 2.25. The number of nitrogens with one attached hydrogen (secondary N) is 2. The Morgan fingerprint density at radius 1 is 1.20 bits per heavy atom. The van der Waals surface area contributed by atoms with Crippen LogP contribution in [0.4, 0.5) is 0 Å². The summed E-state index contributed by atoms with van der Waals surface area (Å²) in [5.41, 5.74) is 1.00. The third kappa shape index (κ3) is 4.60. The second-order valence-corrected chi connectivity index (χ2v) is 7.32. The summed E-state index contributed by atoms with van der Waals surface area (Å²) in [5.74, 6) is 0.582. The molecule has 2 N–H and O–H groups in total. The molecular weight excluding hydrogens is 314 g/mol. The molecule has 3 rings (SSSR count). The van der Waals surface area contributed by atoms with Gasteiger partial charge in [-0.25, -0.2) is 0 Å². The number of hydrogen-bond acceptors (Lipinski definition) is 3. The van der Waals surface area contributed by atoms with E-state index in [9.17, 15) is 9.59 Å². The number of likely N-dealkylation sites (tertiary alicyclic amines) is 1. The van der Waals surface area contributed by atoms with Crippen LogP contribution in [0.3, 0.4) is 0 Å². The smallest absolute Gasteiger partial charge is 0.241 e. The van der Waals surface area contributed by atoms with Gasteiger partial charge >= 0.3 is 0 Å². The lowest BCUT2D eigenvalue weighted by Gasteiger charge is -2.40. The van der Waals surface area contributed by atoms with Crippen molar-refractivity contribution in [1.29, 1.82) is 0 Å². The SMILES string of the molecule is CC[C@@H]1CN(C(C)=O)CC[C@H]1N[C@@H](C(=O)NC1CC1)c1ccccc1. The van der Waals surface area contributed by atoms with Gasteiger partial charge in [-0.1, -0.05) is 43.7 Å². The lowest BCUT2D eigenvalue weighted by Crippen LogP contribution is -2.53. The third-order valence-corrected chi connectivity index (χ3v) is 5.40. The van der Waals surface area contributed by atoms with E-state index in [1.807, 2.05) is 35.2 Å². The van der Waals surface area contributed by atoms with Crippen molar-refractivity contribution in [2.24, 2.45) is 5.92 Å². The number of piperidine rings is 1. The van der Waals surface area contributed by atoms with Gasteiger partial charge in [0.2, 0.25) is 11.8 Å². The van der Waals surface area contributed by atoms with Crippen LogP contribution in [0.2, 0.25) is 0 Å². The molecule has 2 amide bonds. The van der Waals surface area contributed by atoms with E-state index in [2.05, 4.69) is 17.6 Å². The average molecular weight is 343 g/mol. The van der Waals surface area contributed by atoms with E-state index in [0.717, 1.165) is 44.3 Å². The number of hydrogen-bond donors (Lipinski definition) is 2.